The predicted molar refractivity (Wildman–Crippen MR) is 71.0 cm³/mol. The third-order valence-electron chi connectivity index (χ3n) is 2.78. The Morgan fingerprint density at radius 3 is 2.29 bits per heavy atom. The van der Waals surface area contributed by atoms with Gasteiger partial charge in [0, 0.05) is 24.8 Å². The summed E-state index contributed by atoms with van der Waals surface area (Å²) in [6.45, 7) is 4.01. The molecule has 0 aromatic heterocycles. The Morgan fingerprint density at radius 1 is 1.29 bits per heavy atom. The van der Waals surface area contributed by atoms with E-state index in [0.717, 1.165) is 12.1 Å². The Bertz CT molecular complexity index is 458. The molecular weight excluding hydrogens is 287 g/mol. The van der Waals surface area contributed by atoms with Crippen LogP contribution in [0, 0.1) is 0 Å². The molecule has 0 aliphatic heterocycles. The molecule has 0 atom stereocenters. The van der Waals surface area contributed by atoms with Crippen molar-refractivity contribution in [2.45, 2.75) is 32.7 Å². The van der Waals surface area contributed by atoms with Crippen LogP contribution in [0.4, 0.5) is 13.2 Å². The summed E-state index contributed by atoms with van der Waals surface area (Å²) in [5, 5.41) is 8.83. The molecule has 1 N–H and O–H groups in total. The van der Waals surface area contributed by atoms with Gasteiger partial charge in [-0.2, -0.15) is 0 Å². The average molecular weight is 305 g/mol. The van der Waals surface area contributed by atoms with Gasteiger partial charge in [-0.15, -0.1) is 13.2 Å². The van der Waals surface area contributed by atoms with Gasteiger partial charge in [0.05, 0.1) is 0 Å². The molecule has 1 amide bonds. The zero-order valence-electron chi connectivity index (χ0n) is 11.9. The number of benzene rings is 1. The minimum atomic E-state index is -4.75. The van der Waals surface area contributed by atoms with E-state index in [1.165, 1.54) is 12.1 Å². The van der Waals surface area contributed by atoms with Gasteiger partial charge in [-0.05, 0) is 44.5 Å². The molecule has 0 saturated carbocycles. The first-order valence-electron chi connectivity index (χ1n) is 6.52. The van der Waals surface area contributed by atoms with Crippen LogP contribution in [0.1, 0.15) is 30.6 Å². The Hall–Kier alpha value is -1.76. The van der Waals surface area contributed by atoms with Gasteiger partial charge in [0.15, 0.2) is 0 Å². The van der Waals surface area contributed by atoms with Crippen molar-refractivity contribution < 1.29 is 27.8 Å². The molecule has 4 nitrogen and oxygen atoms in total. The highest BCUT2D eigenvalue weighted by Crippen LogP contribution is 2.23. The Morgan fingerprint density at radius 2 is 1.86 bits per heavy atom. The number of aliphatic hydroxyl groups is 1. The molecule has 0 aliphatic carbocycles. The number of ether oxygens (including phenoxy) is 1. The number of carbonyl (C=O) groups is 1. The molecule has 0 aliphatic rings. The third kappa shape index (κ3) is 5.63. The summed E-state index contributed by atoms with van der Waals surface area (Å²) >= 11 is 0. The summed E-state index contributed by atoms with van der Waals surface area (Å²) in [7, 11) is 0. The molecule has 1 aromatic carbocycles. The van der Waals surface area contributed by atoms with Crippen LogP contribution in [0.2, 0.25) is 0 Å². The summed E-state index contributed by atoms with van der Waals surface area (Å²) in [6.07, 6.45) is -4.31. The molecule has 7 heteroatoms. The van der Waals surface area contributed by atoms with E-state index in [2.05, 4.69) is 4.74 Å². The predicted octanol–water partition coefficient (Wildman–Crippen LogP) is 2.82. The highest BCUT2D eigenvalue weighted by Gasteiger charge is 2.31. The lowest BCUT2D eigenvalue weighted by Crippen LogP contribution is -2.38. The van der Waals surface area contributed by atoms with Crippen LogP contribution in [0.15, 0.2) is 24.3 Å². The lowest BCUT2D eigenvalue weighted by atomic mass is 10.1. The average Bonchev–Trinajstić information content (AvgIpc) is 2.37. The van der Waals surface area contributed by atoms with Gasteiger partial charge >= 0.3 is 6.36 Å². The zero-order valence-corrected chi connectivity index (χ0v) is 11.9. The Labute approximate surface area is 121 Å². The fourth-order valence-electron chi connectivity index (χ4n) is 1.80. The van der Waals surface area contributed by atoms with Gasteiger partial charge in [-0.25, -0.2) is 0 Å². The molecule has 1 rings (SSSR count). The molecule has 0 heterocycles. The van der Waals surface area contributed by atoms with E-state index in [1.54, 1.807) is 4.90 Å². The number of halogens is 3. The third-order valence-corrected chi connectivity index (χ3v) is 2.78. The van der Waals surface area contributed by atoms with Crippen LogP contribution >= 0.6 is 0 Å². The van der Waals surface area contributed by atoms with Gasteiger partial charge in [0.25, 0.3) is 5.91 Å². The fourth-order valence-corrected chi connectivity index (χ4v) is 1.80. The van der Waals surface area contributed by atoms with Crippen molar-refractivity contribution in [3.8, 4) is 5.75 Å². The molecule has 21 heavy (non-hydrogen) atoms. The maximum absolute atomic E-state index is 12.3. The lowest BCUT2D eigenvalue weighted by molar-refractivity contribution is -0.274. The molecule has 0 radical (unpaired) electrons. The molecule has 0 spiro atoms. The second kappa shape index (κ2) is 7.31. The van der Waals surface area contributed by atoms with Crippen molar-refractivity contribution in [2.75, 3.05) is 13.2 Å². The van der Waals surface area contributed by atoms with Crippen LogP contribution in [0.5, 0.6) is 5.75 Å². The van der Waals surface area contributed by atoms with E-state index in [1.807, 2.05) is 13.8 Å². The maximum atomic E-state index is 12.3. The first-order chi connectivity index (χ1) is 9.74. The van der Waals surface area contributed by atoms with Crippen LogP contribution in [0.25, 0.3) is 0 Å². The number of hydrogen-bond donors (Lipinski definition) is 1. The van der Waals surface area contributed by atoms with Crippen molar-refractivity contribution >= 4 is 5.91 Å². The van der Waals surface area contributed by atoms with Crippen molar-refractivity contribution in [3.05, 3.63) is 29.8 Å². The SMILES string of the molecule is CC(C)N(CCCO)C(=O)c1ccc(OC(F)(F)F)cc1. The van der Waals surface area contributed by atoms with Gasteiger partial charge in [0.1, 0.15) is 5.75 Å². The van der Waals surface area contributed by atoms with Crippen LogP contribution in [-0.2, 0) is 0 Å². The second-order valence-corrected chi connectivity index (χ2v) is 4.74. The molecule has 1 aromatic rings. The molecule has 0 unspecified atom stereocenters. The Balaban J connectivity index is 2.81. The van der Waals surface area contributed by atoms with Crippen molar-refractivity contribution in [1.29, 1.82) is 0 Å². The maximum Gasteiger partial charge on any atom is 0.573 e. The highest BCUT2D eigenvalue weighted by molar-refractivity contribution is 5.94. The number of aliphatic hydroxyl groups excluding tert-OH is 1. The normalized spacial score (nSPS) is 11.6. The standard InChI is InChI=1S/C14H18F3NO3/c1-10(2)18(8-3-9-19)13(20)11-4-6-12(7-5-11)21-14(15,16)17/h4-7,10,19H,3,8-9H2,1-2H3. The summed E-state index contributed by atoms with van der Waals surface area (Å²) in [5.41, 5.74) is 0.274. The van der Waals surface area contributed by atoms with Gasteiger partial charge in [-0.3, -0.25) is 4.79 Å². The van der Waals surface area contributed by atoms with Gasteiger partial charge in [-0.1, -0.05) is 0 Å². The first-order valence-corrected chi connectivity index (χ1v) is 6.52. The largest absolute Gasteiger partial charge is 0.573 e. The molecule has 0 fully saturated rings. The minimum absolute atomic E-state index is 0.0329. The Kier molecular flexibility index (Phi) is 6.02. The number of hydrogen-bond acceptors (Lipinski definition) is 3. The summed E-state index contributed by atoms with van der Waals surface area (Å²) in [6, 6.07) is 4.71. The van der Waals surface area contributed by atoms with E-state index < -0.39 is 6.36 Å². The van der Waals surface area contributed by atoms with Crippen LogP contribution < -0.4 is 4.74 Å². The van der Waals surface area contributed by atoms with Crippen molar-refractivity contribution in [3.63, 3.8) is 0 Å². The molecule has 0 saturated heterocycles. The van der Waals surface area contributed by atoms with Crippen molar-refractivity contribution in [2.24, 2.45) is 0 Å². The topological polar surface area (TPSA) is 49.8 Å². The van der Waals surface area contributed by atoms with E-state index >= 15 is 0 Å². The highest BCUT2D eigenvalue weighted by atomic mass is 19.4. The van der Waals surface area contributed by atoms with E-state index in [9.17, 15) is 18.0 Å². The quantitative estimate of drug-likeness (QED) is 0.879. The molecule has 118 valence electrons. The lowest BCUT2D eigenvalue weighted by Gasteiger charge is -2.26. The van der Waals surface area contributed by atoms with E-state index in [0.29, 0.717) is 13.0 Å². The van der Waals surface area contributed by atoms with Crippen LogP contribution in [-0.4, -0.2) is 41.5 Å². The van der Waals surface area contributed by atoms with Gasteiger partial charge < -0.3 is 14.7 Å². The zero-order chi connectivity index (χ0) is 16.0. The van der Waals surface area contributed by atoms with Gasteiger partial charge in [0.2, 0.25) is 0 Å². The number of alkyl halides is 3. The fraction of sp³-hybridized carbons (Fsp3) is 0.500. The van der Waals surface area contributed by atoms with E-state index in [4.69, 9.17) is 5.11 Å². The number of nitrogens with zero attached hydrogens (tertiary/aromatic N) is 1. The first kappa shape index (κ1) is 17.3. The number of rotatable bonds is 6. The van der Waals surface area contributed by atoms with E-state index in [-0.39, 0.29) is 29.9 Å². The number of amides is 1. The van der Waals surface area contributed by atoms with Crippen molar-refractivity contribution in [1.82, 2.24) is 4.90 Å². The summed E-state index contributed by atoms with van der Waals surface area (Å²) in [4.78, 5) is 13.8. The number of carbonyl (C=O) groups excluding carboxylic acids is 1. The summed E-state index contributed by atoms with van der Waals surface area (Å²) in [5.74, 6) is -0.664. The minimum Gasteiger partial charge on any atom is -0.406 e. The van der Waals surface area contributed by atoms with Crippen LogP contribution in [0.3, 0.4) is 0 Å². The molecular formula is C14H18F3NO3. The summed E-state index contributed by atoms with van der Waals surface area (Å²) < 4.78 is 39.9. The molecule has 0 bridgehead atoms. The smallest absolute Gasteiger partial charge is 0.406 e. The second-order valence-electron chi connectivity index (χ2n) is 4.74. The monoisotopic (exact) mass is 305 g/mol.